The van der Waals surface area contributed by atoms with E-state index in [0.717, 1.165) is 12.1 Å². The summed E-state index contributed by atoms with van der Waals surface area (Å²) in [5.74, 6) is -1.15. The van der Waals surface area contributed by atoms with E-state index in [1.54, 1.807) is 0 Å². The lowest BCUT2D eigenvalue weighted by molar-refractivity contribution is -0.138. The van der Waals surface area contributed by atoms with Gasteiger partial charge in [0.05, 0.1) is 21.7 Å². The van der Waals surface area contributed by atoms with Crippen LogP contribution in [0.4, 0.5) is 43.8 Å². The molecule has 1 fully saturated rings. The number of nitrogens with zero attached hydrogens (tertiary/aromatic N) is 3. The Balaban J connectivity index is 2.05. The lowest BCUT2D eigenvalue weighted by atomic mass is 9.95. The molecule has 2 aromatic rings. The standard InChI is InChI=1S/C21H25F6N5O3S/c1-12(2)31-36(34,35)13-5-6-16(14(9-13)20(22,23)24)29-18-28-10-15(21(25,26)27)17(30-18)32-8-4-7-19(3,33)11-32/h5-6,9-10,12,31,33H,4,7-8,11H2,1-3H3,(H,28,29,30)/t19-/m0/s1. The minimum absolute atomic E-state index is 0.138. The topological polar surface area (TPSA) is 107 Å². The normalized spacial score (nSPS) is 19.6. The highest BCUT2D eigenvalue weighted by Gasteiger charge is 2.40. The van der Waals surface area contributed by atoms with Crippen LogP contribution in [0.25, 0.3) is 0 Å². The van der Waals surface area contributed by atoms with Crippen molar-refractivity contribution in [3.8, 4) is 0 Å². The first-order valence-electron chi connectivity index (χ1n) is 10.8. The third-order valence-electron chi connectivity index (χ3n) is 5.29. The maximum Gasteiger partial charge on any atom is 0.421 e. The van der Waals surface area contributed by atoms with Crippen LogP contribution >= 0.6 is 0 Å². The molecule has 1 aromatic heterocycles. The number of sulfonamides is 1. The number of β-amino-alcohol motifs (C(OH)–C–C–N with tert-alkyl or cyclic N) is 1. The van der Waals surface area contributed by atoms with Crippen molar-refractivity contribution in [3.05, 3.63) is 35.5 Å². The number of halogens is 6. The molecule has 1 aliphatic heterocycles. The summed E-state index contributed by atoms with van der Waals surface area (Å²) in [6.45, 7) is 4.43. The number of aromatic nitrogens is 2. The van der Waals surface area contributed by atoms with E-state index in [-0.39, 0.29) is 13.1 Å². The quantitative estimate of drug-likeness (QED) is 0.469. The largest absolute Gasteiger partial charge is 0.421 e. The highest BCUT2D eigenvalue weighted by Crippen LogP contribution is 2.40. The molecule has 1 atom stereocenters. The maximum absolute atomic E-state index is 13.8. The fourth-order valence-electron chi connectivity index (χ4n) is 3.81. The van der Waals surface area contributed by atoms with Crippen molar-refractivity contribution < 1.29 is 39.9 Å². The van der Waals surface area contributed by atoms with Crippen molar-refractivity contribution in [2.75, 3.05) is 23.3 Å². The van der Waals surface area contributed by atoms with Crippen LogP contribution in [0, 0.1) is 0 Å². The molecule has 0 radical (unpaired) electrons. The summed E-state index contributed by atoms with van der Waals surface area (Å²) in [5, 5.41) is 12.6. The smallest absolute Gasteiger partial charge is 0.388 e. The van der Waals surface area contributed by atoms with E-state index in [1.165, 1.54) is 25.7 Å². The van der Waals surface area contributed by atoms with Crippen LogP contribution in [0.2, 0.25) is 0 Å². The third-order valence-corrected chi connectivity index (χ3v) is 6.95. The zero-order chi connectivity index (χ0) is 27.1. The molecule has 0 saturated carbocycles. The predicted octanol–water partition coefficient (Wildman–Crippen LogP) is 4.30. The number of piperidine rings is 1. The molecule has 8 nitrogen and oxygen atoms in total. The van der Waals surface area contributed by atoms with Crippen molar-refractivity contribution >= 4 is 27.5 Å². The molecule has 200 valence electrons. The Labute approximate surface area is 203 Å². The first kappa shape index (κ1) is 27.9. The molecule has 0 aliphatic carbocycles. The predicted molar refractivity (Wildman–Crippen MR) is 119 cm³/mol. The summed E-state index contributed by atoms with van der Waals surface area (Å²) in [4.78, 5) is 7.93. The average Bonchev–Trinajstić information content (AvgIpc) is 2.70. The van der Waals surface area contributed by atoms with Gasteiger partial charge in [0, 0.05) is 25.3 Å². The second-order valence-electron chi connectivity index (χ2n) is 9.06. The Morgan fingerprint density at radius 1 is 1.11 bits per heavy atom. The first-order chi connectivity index (χ1) is 16.4. The molecule has 3 N–H and O–H groups in total. The fraction of sp³-hybridized carbons (Fsp3) is 0.524. The van der Waals surface area contributed by atoms with E-state index in [0.29, 0.717) is 25.1 Å². The minimum Gasteiger partial charge on any atom is -0.388 e. The molecular formula is C21H25F6N5O3S. The number of nitrogens with one attached hydrogen (secondary N) is 2. The highest BCUT2D eigenvalue weighted by molar-refractivity contribution is 7.89. The van der Waals surface area contributed by atoms with Gasteiger partial charge in [-0.05, 0) is 51.8 Å². The molecule has 1 aromatic carbocycles. The Morgan fingerprint density at radius 3 is 2.31 bits per heavy atom. The zero-order valence-electron chi connectivity index (χ0n) is 19.5. The Bertz CT molecular complexity index is 1220. The molecule has 1 aliphatic rings. The first-order valence-corrected chi connectivity index (χ1v) is 12.3. The molecule has 15 heteroatoms. The van der Waals surface area contributed by atoms with Crippen molar-refractivity contribution in [1.29, 1.82) is 0 Å². The highest BCUT2D eigenvalue weighted by atomic mass is 32.2. The summed E-state index contributed by atoms with van der Waals surface area (Å²) in [7, 11) is -4.25. The number of rotatable bonds is 6. The lowest BCUT2D eigenvalue weighted by Gasteiger charge is -2.38. The van der Waals surface area contributed by atoms with Crippen LogP contribution < -0.4 is 14.9 Å². The van der Waals surface area contributed by atoms with E-state index in [2.05, 4.69) is 20.0 Å². The summed E-state index contributed by atoms with van der Waals surface area (Å²) in [5.41, 5.74) is -4.51. The van der Waals surface area contributed by atoms with Crippen molar-refractivity contribution in [1.82, 2.24) is 14.7 Å². The van der Waals surface area contributed by atoms with Gasteiger partial charge in [-0.1, -0.05) is 0 Å². The zero-order valence-corrected chi connectivity index (χ0v) is 20.3. The van der Waals surface area contributed by atoms with Crippen LogP contribution in [0.15, 0.2) is 29.3 Å². The van der Waals surface area contributed by atoms with Crippen LogP contribution in [0.5, 0.6) is 0 Å². The minimum atomic E-state index is -5.01. The van der Waals surface area contributed by atoms with Crippen molar-refractivity contribution in [2.24, 2.45) is 0 Å². The molecule has 36 heavy (non-hydrogen) atoms. The van der Waals surface area contributed by atoms with Crippen molar-refractivity contribution in [2.45, 2.75) is 62.5 Å². The van der Waals surface area contributed by atoms with Gasteiger partial charge in [0.15, 0.2) is 0 Å². The van der Waals surface area contributed by atoms with Gasteiger partial charge in [-0.2, -0.15) is 31.3 Å². The van der Waals surface area contributed by atoms with Crippen LogP contribution in [-0.2, 0) is 22.4 Å². The Hall–Kier alpha value is -2.65. The lowest BCUT2D eigenvalue weighted by Crippen LogP contribution is -2.47. The van der Waals surface area contributed by atoms with Gasteiger partial charge in [0.2, 0.25) is 16.0 Å². The molecule has 0 bridgehead atoms. The number of aliphatic hydroxyl groups is 1. The second kappa shape index (κ2) is 9.67. The second-order valence-corrected chi connectivity index (χ2v) is 10.8. The van der Waals surface area contributed by atoms with Gasteiger partial charge in [-0.25, -0.2) is 18.1 Å². The molecule has 0 unspecified atom stereocenters. The van der Waals surface area contributed by atoms with Crippen molar-refractivity contribution in [3.63, 3.8) is 0 Å². The van der Waals surface area contributed by atoms with Gasteiger partial charge in [-0.15, -0.1) is 0 Å². The number of hydrogen-bond acceptors (Lipinski definition) is 7. The molecule has 3 rings (SSSR count). The summed E-state index contributed by atoms with van der Waals surface area (Å²) >= 11 is 0. The van der Waals surface area contributed by atoms with Crippen LogP contribution in [0.3, 0.4) is 0 Å². The molecule has 0 spiro atoms. The van der Waals surface area contributed by atoms with Gasteiger partial charge in [-0.3, -0.25) is 0 Å². The number of alkyl halides is 6. The van der Waals surface area contributed by atoms with E-state index in [1.807, 2.05) is 0 Å². The van der Waals surface area contributed by atoms with E-state index in [4.69, 9.17) is 0 Å². The fourth-order valence-corrected chi connectivity index (χ4v) is 5.08. The van der Waals surface area contributed by atoms with Gasteiger partial charge < -0.3 is 15.3 Å². The van der Waals surface area contributed by atoms with E-state index >= 15 is 0 Å². The average molecular weight is 542 g/mol. The van der Waals surface area contributed by atoms with Crippen LogP contribution in [0.1, 0.15) is 44.7 Å². The Morgan fingerprint density at radius 2 is 1.75 bits per heavy atom. The molecule has 2 heterocycles. The molecular weight excluding hydrogens is 516 g/mol. The maximum atomic E-state index is 13.8. The summed E-state index contributed by atoms with van der Waals surface area (Å²) < 4.78 is 109. The van der Waals surface area contributed by atoms with Crippen LogP contribution in [-0.4, -0.2) is 48.2 Å². The van der Waals surface area contributed by atoms with E-state index in [9.17, 15) is 39.9 Å². The summed E-state index contributed by atoms with van der Waals surface area (Å²) in [6.07, 6.45) is -8.68. The SMILES string of the molecule is CC(C)NS(=O)(=O)c1ccc(Nc2ncc(C(F)(F)F)c(N3CCC[C@](C)(O)C3)n2)c(C(F)(F)F)c1. The van der Waals surface area contributed by atoms with Gasteiger partial charge >= 0.3 is 12.4 Å². The Kier molecular flexibility index (Phi) is 7.50. The number of anilines is 3. The van der Waals surface area contributed by atoms with Gasteiger partial charge in [0.1, 0.15) is 11.4 Å². The number of benzene rings is 1. The monoisotopic (exact) mass is 541 g/mol. The molecule has 1 saturated heterocycles. The van der Waals surface area contributed by atoms with E-state index < -0.39 is 67.5 Å². The number of hydrogen-bond donors (Lipinski definition) is 3. The molecule has 0 amide bonds. The summed E-state index contributed by atoms with van der Waals surface area (Å²) in [6, 6.07) is 1.61. The third kappa shape index (κ3) is 6.56. The van der Waals surface area contributed by atoms with Gasteiger partial charge in [0.25, 0.3) is 0 Å².